The fraction of sp³-hybridized carbons (Fsp3) is 0.348. The van der Waals surface area contributed by atoms with Crippen LogP contribution < -0.4 is 10.5 Å². The Morgan fingerprint density at radius 2 is 1.77 bits per heavy atom. The monoisotopic (exact) mass is 405 g/mol. The summed E-state index contributed by atoms with van der Waals surface area (Å²) in [4.78, 5) is 26.0. The number of aromatic nitrogens is 2. The topological polar surface area (TPSA) is 84.6 Å². The maximum Gasteiger partial charge on any atom is 0.263 e. The second kappa shape index (κ2) is 8.67. The predicted octanol–water partition coefficient (Wildman–Crippen LogP) is 2.63. The summed E-state index contributed by atoms with van der Waals surface area (Å²) in [5.74, 6) is 1.95. The molecule has 1 saturated heterocycles. The lowest BCUT2D eigenvalue weighted by Gasteiger charge is -2.35. The fourth-order valence-corrected chi connectivity index (χ4v) is 3.68. The summed E-state index contributed by atoms with van der Waals surface area (Å²) in [5, 5.41) is 0.874. The molecule has 7 heteroatoms. The largest absolute Gasteiger partial charge is 0.481 e. The van der Waals surface area contributed by atoms with Crippen LogP contribution in [0.4, 0.5) is 5.82 Å². The SMILES string of the molecule is Cc1ccc(OC(C)C(=O)N2CCN(Cc3nc(N)c4ccccc4n3)CC2)cc1. The van der Waals surface area contributed by atoms with Crippen LogP contribution in [-0.2, 0) is 11.3 Å². The number of carbonyl (C=O) groups excluding carboxylic acids is 1. The molecule has 2 aromatic carbocycles. The number of rotatable bonds is 5. The molecule has 156 valence electrons. The molecule has 1 aliphatic rings. The fourth-order valence-electron chi connectivity index (χ4n) is 3.68. The summed E-state index contributed by atoms with van der Waals surface area (Å²) >= 11 is 0. The maximum absolute atomic E-state index is 12.8. The Bertz CT molecular complexity index is 1030. The average Bonchev–Trinajstić information content (AvgIpc) is 2.75. The van der Waals surface area contributed by atoms with Crippen molar-refractivity contribution in [3.05, 3.63) is 59.9 Å². The second-order valence-corrected chi connectivity index (χ2v) is 7.72. The Morgan fingerprint density at radius 1 is 1.07 bits per heavy atom. The van der Waals surface area contributed by atoms with Crippen LogP contribution in [0, 0.1) is 6.92 Å². The third-order valence-corrected chi connectivity index (χ3v) is 5.41. The lowest BCUT2D eigenvalue weighted by Crippen LogP contribution is -2.51. The van der Waals surface area contributed by atoms with Crippen molar-refractivity contribution in [2.75, 3.05) is 31.9 Å². The van der Waals surface area contributed by atoms with Crippen LogP contribution in [0.25, 0.3) is 10.9 Å². The van der Waals surface area contributed by atoms with E-state index in [1.54, 1.807) is 6.92 Å². The van der Waals surface area contributed by atoms with Crippen LogP contribution >= 0.6 is 0 Å². The van der Waals surface area contributed by atoms with E-state index in [2.05, 4.69) is 14.9 Å². The number of carbonyl (C=O) groups is 1. The van der Waals surface area contributed by atoms with Gasteiger partial charge in [0.2, 0.25) is 0 Å². The van der Waals surface area contributed by atoms with Crippen molar-refractivity contribution in [1.29, 1.82) is 0 Å². The number of nitrogen functional groups attached to an aromatic ring is 1. The number of amides is 1. The number of nitrogens with two attached hydrogens (primary N) is 1. The Hall–Kier alpha value is -3.19. The molecule has 0 bridgehead atoms. The van der Waals surface area contributed by atoms with Crippen LogP contribution in [0.15, 0.2) is 48.5 Å². The van der Waals surface area contributed by atoms with E-state index in [0.29, 0.717) is 37.0 Å². The summed E-state index contributed by atoms with van der Waals surface area (Å²) < 4.78 is 5.82. The minimum Gasteiger partial charge on any atom is -0.481 e. The molecule has 7 nitrogen and oxygen atoms in total. The highest BCUT2D eigenvalue weighted by atomic mass is 16.5. The average molecular weight is 406 g/mol. The van der Waals surface area contributed by atoms with Gasteiger partial charge in [-0.3, -0.25) is 9.69 Å². The van der Waals surface area contributed by atoms with Gasteiger partial charge in [0.15, 0.2) is 6.10 Å². The summed E-state index contributed by atoms with van der Waals surface area (Å²) in [6.45, 7) is 7.28. The number of benzene rings is 2. The van der Waals surface area contributed by atoms with Gasteiger partial charge in [-0.05, 0) is 38.1 Å². The number of hydrogen-bond donors (Lipinski definition) is 1. The first-order valence-electron chi connectivity index (χ1n) is 10.3. The van der Waals surface area contributed by atoms with E-state index in [1.165, 1.54) is 0 Å². The zero-order valence-electron chi connectivity index (χ0n) is 17.4. The molecule has 0 radical (unpaired) electrons. The van der Waals surface area contributed by atoms with Crippen LogP contribution in [0.5, 0.6) is 5.75 Å². The number of hydrogen-bond acceptors (Lipinski definition) is 6. The Balaban J connectivity index is 1.32. The number of fused-ring (bicyclic) bond motifs is 1. The summed E-state index contributed by atoms with van der Waals surface area (Å²) in [6, 6.07) is 15.5. The Kier molecular flexibility index (Phi) is 5.81. The van der Waals surface area contributed by atoms with Gasteiger partial charge in [-0.15, -0.1) is 0 Å². The van der Waals surface area contributed by atoms with Crippen molar-refractivity contribution < 1.29 is 9.53 Å². The highest BCUT2D eigenvalue weighted by Gasteiger charge is 2.26. The van der Waals surface area contributed by atoms with Gasteiger partial charge >= 0.3 is 0 Å². The highest BCUT2D eigenvalue weighted by molar-refractivity contribution is 5.87. The number of piperazine rings is 1. The van der Waals surface area contributed by atoms with Crippen LogP contribution in [-0.4, -0.2) is 58.0 Å². The first-order chi connectivity index (χ1) is 14.5. The van der Waals surface area contributed by atoms with E-state index in [1.807, 2.05) is 60.4 Å². The molecule has 0 aliphatic carbocycles. The van der Waals surface area contributed by atoms with Crippen molar-refractivity contribution in [2.45, 2.75) is 26.5 Å². The van der Waals surface area contributed by atoms with Crippen LogP contribution in [0.1, 0.15) is 18.3 Å². The second-order valence-electron chi connectivity index (χ2n) is 7.72. The van der Waals surface area contributed by atoms with E-state index in [9.17, 15) is 4.79 Å². The van der Waals surface area contributed by atoms with Gasteiger partial charge in [0.25, 0.3) is 5.91 Å². The lowest BCUT2D eigenvalue weighted by atomic mass is 10.2. The van der Waals surface area contributed by atoms with E-state index in [-0.39, 0.29) is 5.91 Å². The number of ether oxygens (including phenoxy) is 1. The molecule has 1 atom stereocenters. The molecule has 2 heterocycles. The smallest absolute Gasteiger partial charge is 0.263 e. The molecule has 4 rings (SSSR count). The molecule has 0 spiro atoms. The minimum absolute atomic E-state index is 0.0152. The molecule has 1 unspecified atom stereocenters. The molecule has 30 heavy (non-hydrogen) atoms. The molecule has 1 amide bonds. The molecular formula is C23H27N5O2. The summed E-state index contributed by atoms with van der Waals surface area (Å²) in [5.41, 5.74) is 8.11. The molecule has 1 aliphatic heterocycles. The van der Waals surface area contributed by atoms with Gasteiger partial charge in [-0.1, -0.05) is 29.8 Å². The number of anilines is 1. The zero-order chi connectivity index (χ0) is 21.1. The zero-order valence-corrected chi connectivity index (χ0v) is 17.4. The van der Waals surface area contributed by atoms with Gasteiger partial charge in [0.05, 0.1) is 12.1 Å². The van der Waals surface area contributed by atoms with Gasteiger partial charge in [-0.25, -0.2) is 9.97 Å². The standard InChI is InChI=1S/C23H27N5O2/c1-16-7-9-18(10-8-16)30-17(2)23(29)28-13-11-27(12-14-28)15-21-25-20-6-4-3-5-19(20)22(24)26-21/h3-10,17H,11-15H2,1-2H3,(H2,24,25,26). The first-order valence-corrected chi connectivity index (χ1v) is 10.3. The van der Waals surface area contributed by atoms with E-state index < -0.39 is 6.10 Å². The quantitative estimate of drug-likeness (QED) is 0.702. The van der Waals surface area contributed by atoms with E-state index in [0.717, 1.165) is 29.6 Å². The predicted molar refractivity (Wildman–Crippen MR) is 117 cm³/mol. The number of aryl methyl sites for hydroxylation is 1. The van der Waals surface area contributed by atoms with Crippen molar-refractivity contribution in [3.63, 3.8) is 0 Å². The van der Waals surface area contributed by atoms with Gasteiger partial charge in [0, 0.05) is 31.6 Å². The minimum atomic E-state index is -0.511. The Morgan fingerprint density at radius 3 is 2.50 bits per heavy atom. The molecule has 0 saturated carbocycles. The van der Waals surface area contributed by atoms with E-state index in [4.69, 9.17) is 10.5 Å². The van der Waals surface area contributed by atoms with Gasteiger partial charge in [0.1, 0.15) is 17.4 Å². The number of nitrogens with zero attached hydrogens (tertiary/aromatic N) is 4. The molecule has 2 N–H and O–H groups in total. The van der Waals surface area contributed by atoms with Crippen molar-refractivity contribution in [3.8, 4) is 5.75 Å². The maximum atomic E-state index is 12.8. The lowest BCUT2D eigenvalue weighted by molar-refractivity contribution is -0.139. The van der Waals surface area contributed by atoms with E-state index >= 15 is 0 Å². The van der Waals surface area contributed by atoms with Crippen molar-refractivity contribution in [2.24, 2.45) is 0 Å². The third kappa shape index (κ3) is 4.52. The molecular weight excluding hydrogens is 378 g/mol. The normalized spacial score (nSPS) is 15.9. The van der Waals surface area contributed by atoms with Crippen molar-refractivity contribution >= 4 is 22.6 Å². The number of para-hydroxylation sites is 1. The Labute approximate surface area is 176 Å². The van der Waals surface area contributed by atoms with Crippen LogP contribution in [0.3, 0.4) is 0 Å². The van der Waals surface area contributed by atoms with Gasteiger partial charge < -0.3 is 15.4 Å². The van der Waals surface area contributed by atoms with Crippen molar-refractivity contribution in [1.82, 2.24) is 19.8 Å². The van der Waals surface area contributed by atoms with Gasteiger partial charge in [-0.2, -0.15) is 0 Å². The molecule has 1 fully saturated rings. The first kappa shape index (κ1) is 20.1. The highest BCUT2D eigenvalue weighted by Crippen LogP contribution is 2.19. The molecule has 1 aromatic heterocycles. The summed E-state index contributed by atoms with van der Waals surface area (Å²) in [7, 11) is 0. The molecule has 3 aromatic rings. The summed E-state index contributed by atoms with van der Waals surface area (Å²) in [6.07, 6.45) is -0.511. The van der Waals surface area contributed by atoms with Crippen LogP contribution in [0.2, 0.25) is 0 Å². The third-order valence-electron chi connectivity index (χ3n) is 5.41.